The maximum Gasteiger partial charge on any atom is 0.274 e. The van der Waals surface area contributed by atoms with Crippen LogP contribution in [0, 0.1) is 5.92 Å². The molecule has 2 fully saturated rings. The SMILES string of the molecule is CCC(C)C1NC(=O)C2(O)CCCN2C1=O. The van der Waals surface area contributed by atoms with Gasteiger partial charge in [-0.3, -0.25) is 9.59 Å². The van der Waals surface area contributed by atoms with E-state index in [1.165, 1.54) is 4.90 Å². The number of carbonyl (C=O) groups excluding carboxylic acids is 2. The monoisotopic (exact) mass is 226 g/mol. The van der Waals surface area contributed by atoms with E-state index in [2.05, 4.69) is 5.32 Å². The lowest BCUT2D eigenvalue weighted by Gasteiger charge is -2.41. The minimum atomic E-state index is -1.58. The number of carbonyl (C=O) groups is 2. The van der Waals surface area contributed by atoms with Crippen LogP contribution >= 0.6 is 0 Å². The zero-order valence-electron chi connectivity index (χ0n) is 9.69. The van der Waals surface area contributed by atoms with Gasteiger partial charge in [-0.25, -0.2) is 0 Å². The van der Waals surface area contributed by atoms with Crippen LogP contribution in [0.4, 0.5) is 0 Å². The van der Waals surface area contributed by atoms with Crippen molar-refractivity contribution >= 4 is 11.8 Å². The van der Waals surface area contributed by atoms with E-state index in [9.17, 15) is 14.7 Å². The molecule has 90 valence electrons. The first-order chi connectivity index (χ1) is 7.50. The Kier molecular flexibility index (Phi) is 2.66. The standard InChI is InChI=1S/C11H18N2O3/c1-3-7(2)8-9(14)13-6-4-5-11(13,16)10(15)12-8/h7-8,16H,3-6H2,1-2H3,(H,12,15). The molecule has 16 heavy (non-hydrogen) atoms. The summed E-state index contributed by atoms with van der Waals surface area (Å²) in [4.78, 5) is 25.3. The quantitative estimate of drug-likeness (QED) is 0.687. The number of piperazine rings is 1. The Morgan fingerprint density at radius 3 is 2.94 bits per heavy atom. The molecular formula is C11H18N2O3. The Morgan fingerprint density at radius 2 is 2.31 bits per heavy atom. The molecule has 0 aromatic rings. The van der Waals surface area contributed by atoms with E-state index in [0.29, 0.717) is 19.4 Å². The fourth-order valence-electron chi connectivity index (χ4n) is 2.44. The van der Waals surface area contributed by atoms with E-state index >= 15 is 0 Å². The second kappa shape index (κ2) is 3.73. The highest BCUT2D eigenvalue weighted by atomic mass is 16.3. The summed E-state index contributed by atoms with van der Waals surface area (Å²) in [6.07, 6.45) is 1.85. The first-order valence-corrected chi connectivity index (χ1v) is 5.85. The van der Waals surface area contributed by atoms with E-state index in [1.54, 1.807) is 0 Å². The summed E-state index contributed by atoms with van der Waals surface area (Å²) < 4.78 is 0. The summed E-state index contributed by atoms with van der Waals surface area (Å²) in [6.45, 7) is 4.40. The average molecular weight is 226 g/mol. The van der Waals surface area contributed by atoms with Crippen LogP contribution in [-0.4, -0.2) is 40.1 Å². The number of nitrogens with zero attached hydrogens (tertiary/aromatic N) is 1. The normalized spacial score (nSPS) is 35.9. The molecule has 2 saturated heterocycles. The first kappa shape index (κ1) is 11.4. The number of amides is 2. The van der Waals surface area contributed by atoms with Crippen molar-refractivity contribution in [3.63, 3.8) is 0 Å². The van der Waals surface area contributed by atoms with Crippen LogP contribution in [0.2, 0.25) is 0 Å². The molecule has 2 N–H and O–H groups in total. The van der Waals surface area contributed by atoms with Gasteiger partial charge in [-0.2, -0.15) is 0 Å². The molecule has 2 aliphatic rings. The van der Waals surface area contributed by atoms with Crippen molar-refractivity contribution in [3.8, 4) is 0 Å². The number of aliphatic hydroxyl groups is 1. The zero-order chi connectivity index (χ0) is 11.9. The average Bonchev–Trinajstić information content (AvgIpc) is 2.66. The molecule has 0 radical (unpaired) electrons. The van der Waals surface area contributed by atoms with E-state index in [0.717, 1.165) is 6.42 Å². The van der Waals surface area contributed by atoms with Crippen molar-refractivity contribution < 1.29 is 14.7 Å². The Morgan fingerprint density at radius 1 is 1.62 bits per heavy atom. The molecule has 0 bridgehead atoms. The minimum Gasteiger partial charge on any atom is -0.363 e. The Hall–Kier alpha value is -1.10. The van der Waals surface area contributed by atoms with Crippen LogP contribution in [0.1, 0.15) is 33.1 Å². The Labute approximate surface area is 94.8 Å². The molecule has 2 aliphatic heterocycles. The van der Waals surface area contributed by atoms with Gasteiger partial charge in [-0.1, -0.05) is 20.3 Å². The van der Waals surface area contributed by atoms with E-state index in [-0.39, 0.29) is 11.8 Å². The smallest absolute Gasteiger partial charge is 0.274 e. The van der Waals surface area contributed by atoms with Gasteiger partial charge < -0.3 is 15.3 Å². The van der Waals surface area contributed by atoms with E-state index in [4.69, 9.17) is 0 Å². The van der Waals surface area contributed by atoms with Crippen LogP contribution < -0.4 is 5.32 Å². The Bertz CT molecular complexity index is 331. The molecule has 2 heterocycles. The number of nitrogens with one attached hydrogen (secondary N) is 1. The molecule has 0 saturated carbocycles. The van der Waals surface area contributed by atoms with E-state index in [1.807, 2.05) is 13.8 Å². The lowest BCUT2D eigenvalue weighted by atomic mass is 9.93. The van der Waals surface area contributed by atoms with Crippen molar-refractivity contribution in [2.24, 2.45) is 5.92 Å². The molecule has 3 unspecified atom stereocenters. The molecule has 0 aliphatic carbocycles. The summed E-state index contributed by atoms with van der Waals surface area (Å²) >= 11 is 0. The third-order valence-corrected chi connectivity index (χ3v) is 3.75. The fraction of sp³-hybridized carbons (Fsp3) is 0.818. The predicted octanol–water partition coefficient (Wildman–Crippen LogP) is -0.158. The third-order valence-electron chi connectivity index (χ3n) is 3.75. The molecule has 0 aromatic carbocycles. The largest absolute Gasteiger partial charge is 0.363 e. The number of hydrogen-bond donors (Lipinski definition) is 2. The van der Waals surface area contributed by atoms with Gasteiger partial charge in [-0.15, -0.1) is 0 Å². The number of rotatable bonds is 2. The molecule has 5 nitrogen and oxygen atoms in total. The predicted molar refractivity (Wildman–Crippen MR) is 57.3 cm³/mol. The highest BCUT2D eigenvalue weighted by Gasteiger charge is 2.54. The highest BCUT2D eigenvalue weighted by Crippen LogP contribution is 2.32. The van der Waals surface area contributed by atoms with Gasteiger partial charge in [0.1, 0.15) is 6.04 Å². The van der Waals surface area contributed by atoms with Crippen LogP contribution in [0.15, 0.2) is 0 Å². The third kappa shape index (κ3) is 1.42. The van der Waals surface area contributed by atoms with Crippen LogP contribution in [0.3, 0.4) is 0 Å². The van der Waals surface area contributed by atoms with E-state index < -0.39 is 17.7 Å². The molecule has 0 aromatic heterocycles. The molecular weight excluding hydrogens is 208 g/mol. The highest BCUT2D eigenvalue weighted by molar-refractivity contribution is 5.99. The van der Waals surface area contributed by atoms with Crippen molar-refractivity contribution in [2.45, 2.75) is 44.9 Å². The van der Waals surface area contributed by atoms with Crippen molar-refractivity contribution in [3.05, 3.63) is 0 Å². The van der Waals surface area contributed by atoms with Gasteiger partial charge in [0.25, 0.3) is 5.91 Å². The molecule has 2 amide bonds. The van der Waals surface area contributed by atoms with Gasteiger partial charge in [-0.05, 0) is 12.3 Å². The van der Waals surface area contributed by atoms with Crippen LogP contribution in [0.25, 0.3) is 0 Å². The Balaban J connectivity index is 2.26. The lowest BCUT2D eigenvalue weighted by Crippen LogP contribution is -2.69. The molecule has 2 rings (SSSR count). The van der Waals surface area contributed by atoms with Crippen LogP contribution in [0.5, 0.6) is 0 Å². The zero-order valence-corrected chi connectivity index (χ0v) is 9.69. The van der Waals surface area contributed by atoms with Gasteiger partial charge in [0, 0.05) is 13.0 Å². The summed E-state index contributed by atoms with van der Waals surface area (Å²) in [7, 11) is 0. The fourth-order valence-corrected chi connectivity index (χ4v) is 2.44. The lowest BCUT2D eigenvalue weighted by molar-refractivity contribution is -0.179. The topological polar surface area (TPSA) is 69.6 Å². The molecule has 5 heteroatoms. The van der Waals surface area contributed by atoms with Gasteiger partial charge in [0.05, 0.1) is 0 Å². The second-order valence-corrected chi connectivity index (χ2v) is 4.75. The summed E-state index contributed by atoms with van der Waals surface area (Å²) in [6, 6.07) is -0.476. The first-order valence-electron chi connectivity index (χ1n) is 5.85. The van der Waals surface area contributed by atoms with Crippen molar-refractivity contribution in [1.29, 1.82) is 0 Å². The van der Waals surface area contributed by atoms with Gasteiger partial charge in [0.2, 0.25) is 11.6 Å². The number of fused-ring (bicyclic) bond motifs is 1. The second-order valence-electron chi connectivity index (χ2n) is 4.75. The van der Waals surface area contributed by atoms with Gasteiger partial charge >= 0.3 is 0 Å². The number of hydrogen-bond acceptors (Lipinski definition) is 3. The van der Waals surface area contributed by atoms with Crippen LogP contribution in [-0.2, 0) is 9.59 Å². The van der Waals surface area contributed by atoms with Crippen molar-refractivity contribution in [1.82, 2.24) is 10.2 Å². The van der Waals surface area contributed by atoms with Crippen molar-refractivity contribution in [2.75, 3.05) is 6.54 Å². The maximum atomic E-state index is 12.1. The minimum absolute atomic E-state index is 0.0987. The van der Waals surface area contributed by atoms with Gasteiger partial charge in [0.15, 0.2) is 0 Å². The summed E-state index contributed by atoms with van der Waals surface area (Å²) in [5.41, 5.74) is -1.58. The molecule has 0 spiro atoms. The maximum absolute atomic E-state index is 12.1. The summed E-state index contributed by atoms with van der Waals surface area (Å²) in [5.74, 6) is -0.467. The molecule has 3 atom stereocenters. The summed E-state index contributed by atoms with van der Waals surface area (Å²) in [5, 5.41) is 12.8.